The third-order valence-corrected chi connectivity index (χ3v) is 5.97. The van der Waals surface area contributed by atoms with Gasteiger partial charge in [0.15, 0.2) is 5.72 Å². The summed E-state index contributed by atoms with van der Waals surface area (Å²) in [7, 11) is 1.63. The minimum Gasteiger partial charge on any atom is -0.497 e. The number of nitrogens with one attached hydrogen (secondary N) is 1. The maximum atomic E-state index is 12.4. The standard InChI is InChI=1S/C16H17NO4/c1-20-8-4-2-7(3-5-8)16-12-10-6-9(11(12)15(19)17-16)13(18)14(10)21-16/h2-5,9-14,18H,6H2,1H3,(H,17,19). The number of aliphatic hydroxyl groups is 1. The molecule has 110 valence electrons. The highest BCUT2D eigenvalue weighted by atomic mass is 16.5. The van der Waals surface area contributed by atoms with E-state index in [9.17, 15) is 9.90 Å². The van der Waals surface area contributed by atoms with E-state index in [4.69, 9.17) is 9.47 Å². The summed E-state index contributed by atoms with van der Waals surface area (Å²) in [6, 6.07) is 7.67. The van der Waals surface area contributed by atoms with Crippen LogP contribution < -0.4 is 10.1 Å². The van der Waals surface area contributed by atoms with E-state index < -0.39 is 11.8 Å². The van der Waals surface area contributed by atoms with Gasteiger partial charge in [0.05, 0.1) is 25.2 Å². The van der Waals surface area contributed by atoms with Crippen molar-refractivity contribution in [1.29, 1.82) is 0 Å². The van der Waals surface area contributed by atoms with E-state index in [0.29, 0.717) is 0 Å². The van der Waals surface area contributed by atoms with Crippen LogP contribution in [0.4, 0.5) is 0 Å². The molecule has 4 fully saturated rings. The van der Waals surface area contributed by atoms with Crippen LogP contribution >= 0.6 is 0 Å². The molecular formula is C16H17NO4. The molecule has 7 unspecified atom stereocenters. The van der Waals surface area contributed by atoms with E-state index in [1.165, 1.54) is 0 Å². The van der Waals surface area contributed by atoms with Crippen molar-refractivity contribution < 1.29 is 19.4 Å². The molecule has 0 aromatic heterocycles. The highest BCUT2D eigenvalue weighted by Crippen LogP contribution is 2.67. The first-order chi connectivity index (χ1) is 10.2. The van der Waals surface area contributed by atoms with E-state index in [0.717, 1.165) is 17.7 Å². The summed E-state index contributed by atoms with van der Waals surface area (Å²) >= 11 is 0. The Balaban J connectivity index is 1.64. The molecule has 2 saturated heterocycles. The quantitative estimate of drug-likeness (QED) is 0.837. The van der Waals surface area contributed by atoms with Crippen molar-refractivity contribution in [3.8, 4) is 5.75 Å². The van der Waals surface area contributed by atoms with Crippen LogP contribution in [0.5, 0.6) is 5.75 Å². The van der Waals surface area contributed by atoms with Gasteiger partial charge in [0.1, 0.15) is 5.75 Å². The fraction of sp³-hybridized carbons (Fsp3) is 0.562. The lowest BCUT2D eigenvalue weighted by molar-refractivity contribution is -0.141. The van der Waals surface area contributed by atoms with Crippen LogP contribution in [0.25, 0.3) is 0 Å². The normalized spacial score (nSPS) is 48.8. The second-order valence-corrected chi connectivity index (χ2v) is 6.64. The molecule has 4 aliphatic rings. The van der Waals surface area contributed by atoms with Crippen LogP contribution in [-0.2, 0) is 15.3 Å². The first-order valence-electron chi connectivity index (χ1n) is 7.48. The highest BCUT2D eigenvalue weighted by Gasteiger charge is 2.76. The lowest BCUT2D eigenvalue weighted by Gasteiger charge is -2.30. The Morgan fingerprint density at radius 2 is 2.10 bits per heavy atom. The van der Waals surface area contributed by atoms with Gasteiger partial charge in [-0.3, -0.25) is 4.79 Å². The summed E-state index contributed by atoms with van der Waals surface area (Å²) in [6.07, 6.45) is 0.272. The van der Waals surface area contributed by atoms with E-state index >= 15 is 0 Å². The number of hydrogen-bond donors (Lipinski definition) is 2. The molecule has 0 radical (unpaired) electrons. The van der Waals surface area contributed by atoms with Crippen molar-refractivity contribution >= 4 is 5.91 Å². The van der Waals surface area contributed by atoms with Gasteiger partial charge in [-0.05, 0) is 30.4 Å². The lowest BCUT2D eigenvalue weighted by atomic mass is 9.75. The Morgan fingerprint density at radius 3 is 2.81 bits per heavy atom. The number of amides is 1. The Kier molecular flexibility index (Phi) is 2.05. The molecule has 0 spiro atoms. The number of fused-ring (bicyclic) bond motifs is 2. The Labute approximate surface area is 122 Å². The summed E-state index contributed by atoms with van der Waals surface area (Å²) < 4.78 is 11.4. The Bertz CT molecular complexity index is 630. The van der Waals surface area contributed by atoms with Gasteiger partial charge in [-0.2, -0.15) is 0 Å². The average Bonchev–Trinajstić information content (AvgIpc) is 3.16. The molecular weight excluding hydrogens is 270 g/mol. The molecule has 1 aromatic rings. The smallest absolute Gasteiger partial charge is 0.226 e. The summed E-state index contributed by atoms with van der Waals surface area (Å²) in [5.41, 5.74) is 0.196. The van der Waals surface area contributed by atoms with Crippen LogP contribution in [0, 0.1) is 23.7 Å². The minimum atomic E-state index is -0.754. The van der Waals surface area contributed by atoms with Gasteiger partial charge in [-0.1, -0.05) is 12.1 Å². The van der Waals surface area contributed by atoms with Gasteiger partial charge in [-0.15, -0.1) is 0 Å². The molecule has 2 N–H and O–H groups in total. The zero-order valence-corrected chi connectivity index (χ0v) is 11.7. The number of benzene rings is 1. The lowest BCUT2D eigenvalue weighted by Crippen LogP contribution is -2.45. The van der Waals surface area contributed by atoms with Crippen molar-refractivity contribution in [2.75, 3.05) is 7.11 Å². The van der Waals surface area contributed by atoms with Crippen molar-refractivity contribution in [3.63, 3.8) is 0 Å². The number of ether oxygens (including phenoxy) is 2. The largest absolute Gasteiger partial charge is 0.497 e. The van der Waals surface area contributed by atoms with Crippen LogP contribution in [0.3, 0.4) is 0 Å². The number of carbonyl (C=O) groups excluding carboxylic acids is 1. The number of aliphatic hydroxyl groups excluding tert-OH is 1. The van der Waals surface area contributed by atoms with Gasteiger partial charge in [-0.25, -0.2) is 0 Å². The van der Waals surface area contributed by atoms with Gasteiger partial charge in [0, 0.05) is 11.5 Å². The van der Waals surface area contributed by atoms with Crippen LogP contribution in [0.15, 0.2) is 24.3 Å². The summed E-state index contributed by atoms with van der Waals surface area (Å²) in [5.74, 6) is 1.20. The molecule has 2 bridgehead atoms. The third kappa shape index (κ3) is 1.19. The maximum Gasteiger partial charge on any atom is 0.226 e. The SMILES string of the molecule is COc1ccc(C23NC(=O)C4C5CC(C(O2)C5O)C43)cc1. The molecule has 5 heteroatoms. The van der Waals surface area contributed by atoms with Crippen LogP contribution in [0.2, 0.25) is 0 Å². The first kappa shape index (κ1) is 12.0. The van der Waals surface area contributed by atoms with Gasteiger partial charge < -0.3 is 19.9 Å². The predicted octanol–water partition coefficient (Wildman–Crippen LogP) is 0.620. The molecule has 2 aliphatic heterocycles. The second kappa shape index (κ2) is 3.59. The van der Waals surface area contributed by atoms with Crippen LogP contribution in [-0.4, -0.2) is 30.3 Å². The van der Waals surface area contributed by atoms with Crippen molar-refractivity contribution in [2.24, 2.45) is 23.7 Å². The van der Waals surface area contributed by atoms with Crippen molar-refractivity contribution in [3.05, 3.63) is 29.8 Å². The average molecular weight is 287 g/mol. The topological polar surface area (TPSA) is 67.8 Å². The Morgan fingerprint density at radius 1 is 1.33 bits per heavy atom. The number of hydrogen-bond acceptors (Lipinski definition) is 4. The molecule has 1 aromatic carbocycles. The second-order valence-electron chi connectivity index (χ2n) is 6.64. The highest BCUT2D eigenvalue weighted by molar-refractivity contribution is 5.84. The van der Waals surface area contributed by atoms with Gasteiger partial charge in [0.2, 0.25) is 5.91 Å². The predicted molar refractivity (Wildman–Crippen MR) is 72.3 cm³/mol. The number of carbonyl (C=O) groups is 1. The zero-order chi connectivity index (χ0) is 14.4. The zero-order valence-electron chi connectivity index (χ0n) is 11.7. The molecule has 21 heavy (non-hydrogen) atoms. The number of methoxy groups -OCH3 is 1. The van der Waals surface area contributed by atoms with E-state index in [-0.39, 0.29) is 35.7 Å². The summed E-state index contributed by atoms with van der Waals surface area (Å²) in [6.45, 7) is 0. The van der Waals surface area contributed by atoms with Gasteiger partial charge >= 0.3 is 0 Å². The third-order valence-electron chi connectivity index (χ3n) is 5.97. The first-order valence-corrected chi connectivity index (χ1v) is 7.48. The van der Waals surface area contributed by atoms with E-state index in [1.54, 1.807) is 7.11 Å². The van der Waals surface area contributed by atoms with Crippen molar-refractivity contribution in [1.82, 2.24) is 5.32 Å². The van der Waals surface area contributed by atoms with Gasteiger partial charge in [0.25, 0.3) is 0 Å². The van der Waals surface area contributed by atoms with Crippen molar-refractivity contribution in [2.45, 2.75) is 24.4 Å². The minimum absolute atomic E-state index is 0.0283. The van der Waals surface area contributed by atoms with E-state index in [2.05, 4.69) is 5.32 Å². The monoisotopic (exact) mass is 287 g/mol. The van der Waals surface area contributed by atoms with E-state index in [1.807, 2.05) is 24.3 Å². The molecule has 7 atom stereocenters. The molecule has 5 nitrogen and oxygen atoms in total. The molecule has 2 heterocycles. The molecule has 2 saturated carbocycles. The molecule has 5 rings (SSSR count). The number of rotatable bonds is 2. The maximum absolute atomic E-state index is 12.4. The van der Waals surface area contributed by atoms with Crippen LogP contribution in [0.1, 0.15) is 12.0 Å². The fourth-order valence-electron chi connectivity index (χ4n) is 5.24. The summed E-state index contributed by atoms with van der Waals surface area (Å²) in [5, 5.41) is 13.4. The molecule has 1 amide bonds. The fourth-order valence-corrected chi connectivity index (χ4v) is 5.24. The molecule has 2 aliphatic carbocycles. The summed E-state index contributed by atoms with van der Waals surface area (Å²) in [4.78, 5) is 12.4. The Hall–Kier alpha value is -1.59.